The van der Waals surface area contributed by atoms with Crippen molar-refractivity contribution >= 4 is 23.6 Å². The largest absolute Gasteiger partial charge is 0.334 e. The summed E-state index contributed by atoms with van der Waals surface area (Å²) in [5.41, 5.74) is 2.07. The smallest absolute Gasteiger partial charge is 0.318 e. The minimum atomic E-state index is -1.04. The van der Waals surface area contributed by atoms with Crippen molar-refractivity contribution in [2.24, 2.45) is 0 Å². The maximum atomic E-state index is 13.6. The van der Waals surface area contributed by atoms with Crippen LogP contribution in [0.4, 0.5) is 9.18 Å². The highest BCUT2D eigenvalue weighted by Crippen LogP contribution is 2.23. The summed E-state index contributed by atoms with van der Waals surface area (Å²) >= 11 is 0. The van der Waals surface area contributed by atoms with Crippen LogP contribution >= 0.6 is 0 Å². The van der Waals surface area contributed by atoms with Crippen molar-refractivity contribution in [1.29, 1.82) is 0 Å². The predicted octanol–water partition coefficient (Wildman–Crippen LogP) is 2.39. The molecule has 0 unspecified atom stereocenters. The Bertz CT molecular complexity index is 1020. The van der Waals surface area contributed by atoms with Crippen molar-refractivity contribution in [3.05, 3.63) is 65.8 Å². The second kappa shape index (κ2) is 7.22. The second-order valence-electron chi connectivity index (χ2n) is 6.40. The maximum absolute atomic E-state index is 13.6. The van der Waals surface area contributed by atoms with E-state index < -0.39 is 36.0 Å². The van der Waals surface area contributed by atoms with E-state index in [1.165, 1.54) is 18.2 Å². The molecule has 1 fully saturated rings. The van der Waals surface area contributed by atoms with E-state index in [4.69, 9.17) is 0 Å². The summed E-state index contributed by atoms with van der Waals surface area (Å²) in [5.74, 6) is -2.93. The summed E-state index contributed by atoms with van der Waals surface area (Å²) in [6.45, 7) is 6.23. The van der Waals surface area contributed by atoms with Crippen molar-refractivity contribution in [3.63, 3.8) is 0 Å². The number of hydrogen-bond donors (Lipinski definition) is 0. The highest BCUT2D eigenvalue weighted by molar-refractivity contribution is 6.45. The summed E-state index contributed by atoms with van der Waals surface area (Å²) in [5, 5.41) is 0. The van der Waals surface area contributed by atoms with Crippen LogP contribution in [0.1, 0.15) is 21.7 Å². The molecule has 1 saturated heterocycles. The number of Topliss-reactive ketones (excluding diaryl/α,β-unsaturated/α-hetero) is 1. The molecule has 4 amide bonds. The highest BCUT2D eigenvalue weighted by Gasteiger charge is 2.44. The number of halogens is 1. The Morgan fingerprint density at radius 3 is 2.43 bits per heavy atom. The summed E-state index contributed by atoms with van der Waals surface area (Å²) in [6.07, 6.45) is 1.32. The fourth-order valence-corrected chi connectivity index (χ4v) is 3.27. The monoisotopic (exact) mass is 383 g/mol. The van der Waals surface area contributed by atoms with Crippen LogP contribution in [0, 0.1) is 19.7 Å². The van der Waals surface area contributed by atoms with Crippen molar-refractivity contribution in [2.75, 3.05) is 13.1 Å². The zero-order valence-electron chi connectivity index (χ0n) is 15.4. The zero-order valence-corrected chi connectivity index (χ0v) is 15.4. The lowest BCUT2D eigenvalue weighted by molar-refractivity contribution is -0.142. The average molecular weight is 383 g/mol. The van der Waals surface area contributed by atoms with Crippen LogP contribution in [0.5, 0.6) is 0 Å². The van der Waals surface area contributed by atoms with Gasteiger partial charge in [0.15, 0.2) is 5.78 Å². The van der Waals surface area contributed by atoms with E-state index in [0.717, 1.165) is 4.90 Å². The van der Waals surface area contributed by atoms with Gasteiger partial charge in [-0.05, 0) is 38.1 Å². The summed E-state index contributed by atoms with van der Waals surface area (Å²) < 4.78 is 15.3. The fraction of sp³-hybridized carbons (Fsp3) is 0.200. The predicted molar refractivity (Wildman–Crippen MR) is 98.6 cm³/mol. The van der Waals surface area contributed by atoms with Gasteiger partial charge in [0.05, 0.1) is 6.54 Å². The topological polar surface area (TPSA) is 79.7 Å². The second-order valence-corrected chi connectivity index (χ2v) is 6.40. The van der Waals surface area contributed by atoms with Gasteiger partial charge in [0.25, 0.3) is 0 Å². The molecule has 1 aromatic carbocycles. The van der Waals surface area contributed by atoms with E-state index in [-0.39, 0.29) is 12.1 Å². The molecule has 0 radical (unpaired) electrons. The summed E-state index contributed by atoms with van der Waals surface area (Å²) in [6, 6.07) is 6.69. The van der Waals surface area contributed by atoms with Crippen molar-refractivity contribution in [2.45, 2.75) is 13.8 Å². The van der Waals surface area contributed by atoms with Crippen molar-refractivity contribution in [1.82, 2.24) is 14.4 Å². The van der Waals surface area contributed by atoms with E-state index in [1.54, 1.807) is 36.6 Å². The number of ketones is 1. The van der Waals surface area contributed by atoms with Gasteiger partial charge in [-0.25, -0.2) is 14.1 Å². The molecular weight excluding hydrogens is 365 g/mol. The molecule has 7 nitrogen and oxygen atoms in total. The zero-order chi connectivity index (χ0) is 20.6. The summed E-state index contributed by atoms with van der Waals surface area (Å²) in [4.78, 5) is 50.3. The molecule has 1 aliphatic rings. The SMILES string of the molecule is C=CCN1C(=O)C(=O)N(CC(=O)c2cc(C)n(-c3cccc(F)c3)c2C)C1=O. The first-order valence-corrected chi connectivity index (χ1v) is 8.52. The highest BCUT2D eigenvalue weighted by atomic mass is 19.1. The molecule has 1 aromatic heterocycles. The molecule has 28 heavy (non-hydrogen) atoms. The Kier molecular flexibility index (Phi) is 4.96. The molecule has 144 valence electrons. The van der Waals surface area contributed by atoms with Crippen molar-refractivity contribution < 1.29 is 23.6 Å². The third kappa shape index (κ3) is 3.13. The first-order chi connectivity index (χ1) is 13.3. The number of carbonyl (C=O) groups excluding carboxylic acids is 4. The minimum Gasteiger partial charge on any atom is -0.318 e. The van der Waals surface area contributed by atoms with Gasteiger partial charge in [0.1, 0.15) is 5.82 Å². The number of rotatable bonds is 6. The van der Waals surface area contributed by atoms with Gasteiger partial charge in [-0.3, -0.25) is 19.3 Å². The van der Waals surface area contributed by atoms with Crippen LogP contribution in [0.25, 0.3) is 5.69 Å². The fourth-order valence-electron chi connectivity index (χ4n) is 3.27. The molecule has 0 N–H and O–H groups in total. The van der Waals surface area contributed by atoms with E-state index in [1.807, 2.05) is 0 Å². The van der Waals surface area contributed by atoms with E-state index in [9.17, 15) is 23.6 Å². The Labute approximate surface area is 160 Å². The van der Waals surface area contributed by atoms with Gasteiger partial charge >= 0.3 is 17.8 Å². The number of hydrogen-bond acceptors (Lipinski definition) is 4. The van der Waals surface area contributed by atoms with Crippen molar-refractivity contribution in [3.8, 4) is 5.69 Å². The van der Waals surface area contributed by atoms with Gasteiger partial charge in [-0.2, -0.15) is 0 Å². The number of imide groups is 2. The quantitative estimate of drug-likeness (QED) is 0.332. The number of benzene rings is 1. The molecule has 8 heteroatoms. The normalized spacial score (nSPS) is 14.2. The standard InChI is InChI=1S/C20H18FN3O4/c1-4-8-22-18(26)19(27)23(20(22)28)11-17(25)16-9-12(2)24(13(16)3)15-7-5-6-14(21)10-15/h4-7,9-10H,1,8,11H2,2-3H3. The molecular formula is C20H18FN3O4. The Morgan fingerprint density at radius 1 is 1.11 bits per heavy atom. The molecule has 1 aliphatic heterocycles. The molecule has 3 rings (SSSR count). The Hall–Kier alpha value is -3.55. The average Bonchev–Trinajstić information content (AvgIpc) is 3.05. The number of amides is 4. The van der Waals surface area contributed by atoms with Crippen LogP contribution < -0.4 is 0 Å². The first kappa shape index (κ1) is 19.2. The van der Waals surface area contributed by atoms with Gasteiger partial charge in [-0.1, -0.05) is 12.1 Å². The maximum Gasteiger partial charge on any atom is 0.334 e. The molecule has 0 bridgehead atoms. The van der Waals surface area contributed by atoms with Crippen LogP contribution in [0.3, 0.4) is 0 Å². The molecule has 0 spiro atoms. The molecule has 0 atom stereocenters. The molecule has 0 aliphatic carbocycles. The first-order valence-electron chi connectivity index (χ1n) is 8.52. The Morgan fingerprint density at radius 2 is 1.79 bits per heavy atom. The van der Waals surface area contributed by atoms with Gasteiger partial charge in [-0.15, -0.1) is 6.58 Å². The lowest BCUT2D eigenvalue weighted by atomic mass is 10.1. The molecule has 2 heterocycles. The third-order valence-electron chi connectivity index (χ3n) is 4.55. The Balaban J connectivity index is 1.89. The minimum absolute atomic E-state index is 0.109. The van der Waals surface area contributed by atoms with E-state index in [2.05, 4.69) is 6.58 Å². The summed E-state index contributed by atoms with van der Waals surface area (Å²) in [7, 11) is 0. The van der Waals surface area contributed by atoms with E-state index in [0.29, 0.717) is 22.0 Å². The number of aromatic nitrogens is 1. The number of nitrogens with zero attached hydrogens (tertiary/aromatic N) is 3. The van der Waals surface area contributed by atoms with Crippen LogP contribution in [0.15, 0.2) is 43.0 Å². The van der Waals surface area contributed by atoms with Crippen LogP contribution in [-0.4, -0.2) is 51.1 Å². The number of carbonyl (C=O) groups is 4. The van der Waals surface area contributed by atoms with E-state index >= 15 is 0 Å². The lowest BCUT2D eigenvalue weighted by Gasteiger charge is -2.14. The van der Waals surface area contributed by atoms with Gasteiger partial charge < -0.3 is 4.57 Å². The molecule has 2 aromatic rings. The van der Waals surface area contributed by atoms with Crippen LogP contribution in [-0.2, 0) is 9.59 Å². The third-order valence-corrected chi connectivity index (χ3v) is 4.55. The lowest BCUT2D eigenvalue weighted by Crippen LogP contribution is -2.37. The van der Waals surface area contributed by atoms with Gasteiger partial charge in [0.2, 0.25) is 0 Å². The molecule has 0 saturated carbocycles. The number of urea groups is 1. The number of aryl methyl sites for hydroxylation is 1. The van der Waals surface area contributed by atoms with Crippen LogP contribution in [0.2, 0.25) is 0 Å². The van der Waals surface area contributed by atoms with Gasteiger partial charge in [0, 0.05) is 29.2 Å².